The zero-order chi connectivity index (χ0) is 18.7. The van der Waals surface area contributed by atoms with Crippen LogP contribution in [-0.2, 0) is 11.3 Å². The van der Waals surface area contributed by atoms with Gasteiger partial charge in [-0.3, -0.25) is 0 Å². The van der Waals surface area contributed by atoms with E-state index in [4.69, 9.17) is 17.0 Å². The number of rotatable bonds is 8. The summed E-state index contributed by atoms with van der Waals surface area (Å²) in [7, 11) is 0. The molecule has 0 aliphatic rings. The number of hydrogen-bond acceptors (Lipinski definition) is 4. The second kappa shape index (κ2) is 10.9. The summed E-state index contributed by atoms with van der Waals surface area (Å²) in [6, 6.07) is 9.37. The lowest BCUT2D eigenvalue weighted by atomic mass is 10.1. The largest absolute Gasteiger partial charge is 0.445 e. The maximum absolute atomic E-state index is 11.6. The molecule has 1 aromatic carbocycles. The lowest BCUT2D eigenvalue weighted by molar-refractivity contribution is 0.139. The van der Waals surface area contributed by atoms with Gasteiger partial charge in [0.15, 0.2) is 5.11 Å². The molecular weight excluding hydrogens is 338 g/mol. The summed E-state index contributed by atoms with van der Waals surface area (Å²) in [5, 5.41) is 18.9. The van der Waals surface area contributed by atoms with E-state index in [0.29, 0.717) is 24.5 Å². The van der Waals surface area contributed by atoms with Crippen molar-refractivity contribution in [1.29, 1.82) is 0 Å². The van der Waals surface area contributed by atoms with Crippen LogP contribution in [0.25, 0.3) is 0 Å². The van der Waals surface area contributed by atoms with Gasteiger partial charge in [-0.25, -0.2) is 4.79 Å². The van der Waals surface area contributed by atoms with Gasteiger partial charge < -0.3 is 25.8 Å². The van der Waals surface area contributed by atoms with Crippen LogP contribution in [0.2, 0.25) is 0 Å². The van der Waals surface area contributed by atoms with Crippen LogP contribution < -0.4 is 16.0 Å². The average Bonchev–Trinajstić information content (AvgIpc) is 2.55. The van der Waals surface area contributed by atoms with Gasteiger partial charge in [-0.2, -0.15) is 0 Å². The van der Waals surface area contributed by atoms with Gasteiger partial charge in [0.1, 0.15) is 6.61 Å². The van der Waals surface area contributed by atoms with Crippen LogP contribution >= 0.6 is 12.2 Å². The second-order valence-electron chi connectivity index (χ2n) is 6.86. The van der Waals surface area contributed by atoms with E-state index in [2.05, 4.69) is 16.0 Å². The van der Waals surface area contributed by atoms with Crippen LogP contribution in [0, 0.1) is 0 Å². The molecular formula is C18H29N3O3S. The second-order valence-corrected chi connectivity index (χ2v) is 7.27. The molecule has 0 aliphatic carbocycles. The van der Waals surface area contributed by atoms with Gasteiger partial charge in [0, 0.05) is 12.1 Å². The van der Waals surface area contributed by atoms with E-state index in [1.165, 1.54) is 0 Å². The van der Waals surface area contributed by atoms with Crippen molar-refractivity contribution < 1.29 is 14.6 Å². The number of carbonyl (C=O) groups excluding carboxylic acids is 1. The Kier molecular flexibility index (Phi) is 9.23. The third kappa shape index (κ3) is 10.6. The molecule has 0 aliphatic heterocycles. The SMILES string of the molecule is CC(C)(C)NC(=S)NC(CO)CCCNC(=O)OCc1ccccc1. The Bertz CT molecular complexity index is 532. The van der Waals surface area contributed by atoms with Crippen molar-refractivity contribution in [3.8, 4) is 0 Å². The van der Waals surface area contributed by atoms with Crippen molar-refractivity contribution in [1.82, 2.24) is 16.0 Å². The van der Waals surface area contributed by atoms with Crippen LogP contribution in [-0.4, -0.2) is 41.0 Å². The Balaban J connectivity index is 2.17. The smallest absolute Gasteiger partial charge is 0.407 e. The van der Waals surface area contributed by atoms with E-state index >= 15 is 0 Å². The molecule has 0 bridgehead atoms. The highest BCUT2D eigenvalue weighted by Crippen LogP contribution is 2.02. The molecule has 0 saturated carbocycles. The third-order valence-electron chi connectivity index (χ3n) is 3.26. The molecule has 4 N–H and O–H groups in total. The van der Waals surface area contributed by atoms with E-state index in [1.54, 1.807) is 0 Å². The first-order valence-corrected chi connectivity index (χ1v) is 8.85. The first-order chi connectivity index (χ1) is 11.8. The number of thiocarbonyl (C=S) groups is 1. The molecule has 0 heterocycles. The molecule has 1 aromatic rings. The Morgan fingerprint density at radius 3 is 2.56 bits per heavy atom. The topological polar surface area (TPSA) is 82.6 Å². The van der Waals surface area contributed by atoms with Crippen molar-refractivity contribution in [2.24, 2.45) is 0 Å². The van der Waals surface area contributed by atoms with Gasteiger partial charge in [-0.15, -0.1) is 0 Å². The molecule has 1 rings (SSSR count). The van der Waals surface area contributed by atoms with Crippen molar-refractivity contribution in [3.05, 3.63) is 35.9 Å². The molecule has 1 atom stereocenters. The summed E-state index contributed by atoms with van der Waals surface area (Å²) in [5.41, 5.74) is 0.816. The fraction of sp³-hybridized carbons (Fsp3) is 0.556. The summed E-state index contributed by atoms with van der Waals surface area (Å²) in [6.45, 7) is 6.75. The first-order valence-electron chi connectivity index (χ1n) is 8.44. The fourth-order valence-electron chi connectivity index (χ4n) is 2.08. The molecule has 1 unspecified atom stereocenters. The van der Waals surface area contributed by atoms with Gasteiger partial charge in [0.05, 0.1) is 12.6 Å². The fourth-order valence-corrected chi connectivity index (χ4v) is 2.56. The molecule has 0 saturated heterocycles. The number of aliphatic hydroxyl groups excluding tert-OH is 1. The number of nitrogens with one attached hydrogen (secondary N) is 3. The van der Waals surface area contributed by atoms with Crippen LogP contribution in [0.15, 0.2) is 30.3 Å². The maximum atomic E-state index is 11.6. The predicted octanol–water partition coefficient (Wildman–Crippen LogP) is 2.32. The molecule has 7 heteroatoms. The number of carbonyl (C=O) groups is 1. The number of aliphatic hydroxyl groups is 1. The van der Waals surface area contributed by atoms with E-state index in [9.17, 15) is 9.90 Å². The van der Waals surface area contributed by atoms with E-state index in [-0.39, 0.29) is 24.8 Å². The van der Waals surface area contributed by atoms with Crippen molar-refractivity contribution in [2.45, 2.75) is 51.8 Å². The molecule has 6 nitrogen and oxygen atoms in total. The zero-order valence-electron chi connectivity index (χ0n) is 15.2. The highest BCUT2D eigenvalue weighted by atomic mass is 32.1. The maximum Gasteiger partial charge on any atom is 0.407 e. The highest BCUT2D eigenvalue weighted by Gasteiger charge is 2.14. The minimum atomic E-state index is -0.442. The highest BCUT2D eigenvalue weighted by molar-refractivity contribution is 7.80. The molecule has 25 heavy (non-hydrogen) atoms. The number of ether oxygens (including phenoxy) is 1. The molecule has 0 fully saturated rings. The van der Waals surface area contributed by atoms with E-state index in [1.807, 2.05) is 51.1 Å². The first kappa shape index (κ1) is 21.2. The molecule has 0 aromatic heterocycles. The van der Waals surface area contributed by atoms with Crippen molar-refractivity contribution in [2.75, 3.05) is 13.2 Å². The van der Waals surface area contributed by atoms with Gasteiger partial charge >= 0.3 is 6.09 Å². The van der Waals surface area contributed by atoms with Crippen LogP contribution in [0.3, 0.4) is 0 Å². The number of alkyl carbamates (subject to hydrolysis) is 1. The molecule has 0 radical (unpaired) electrons. The molecule has 1 amide bonds. The zero-order valence-corrected chi connectivity index (χ0v) is 16.0. The van der Waals surface area contributed by atoms with E-state index in [0.717, 1.165) is 5.56 Å². The third-order valence-corrected chi connectivity index (χ3v) is 3.48. The minimum Gasteiger partial charge on any atom is -0.445 e. The summed E-state index contributed by atoms with van der Waals surface area (Å²) in [4.78, 5) is 11.6. The van der Waals surface area contributed by atoms with Crippen LogP contribution in [0.5, 0.6) is 0 Å². The number of hydrogen-bond donors (Lipinski definition) is 4. The van der Waals surface area contributed by atoms with Crippen molar-refractivity contribution in [3.63, 3.8) is 0 Å². The van der Waals surface area contributed by atoms with Gasteiger partial charge in [-0.05, 0) is 51.4 Å². The van der Waals surface area contributed by atoms with Crippen LogP contribution in [0.4, 0.5) is 4.79 Å². The Morgan fingerprint density at radius 1 is 1.28 bits per heavy atom. The van der Waals surface area contributed by atoms with Gasteiger partial charge in [0.2, 0.25) is 0 Å². The lowest BCUT2D eigenvalue weighted by Gasteiger charge is -2.26. The van der Waals surface area contributed by atoms with Crippen molar-refractivity contribution >= 4 is 23.4 Å². The Hall–Kier alpha value is -1.86. The molecule has 0 spiro atoms. The summed E-state index contributed by atoms with van der Waals surface area (Å²) in [6.07, 6.45) is 0.945. The quantitative estimate of drug-likeness (QED) is 0.417. The Labute approximate surface area is 155 Å². The summed E-state index contributed by atoms with van der Waals surface area (Å²) >= 11 is 5.22. The van der Waals surface area contributed by atoms with Gasteiger partial charge in [-0.1, -0.05) is 30.3 Å². The molecule has 140 valence electrons. The average molecular weight is 368 g/mol. The number of benzene rings is 1. The van der Waals surface area contributed by atoms with Crippen LogP contribution in [0.1, 0.15) is 39.2 Å². The summed E-state index contributed by atoms with van der Waals surface area (Å²) < 4.78 is 5.14. The normalized spacial score (nSPS) is 12.2. The van der Waals surface area contributed by atoms with Gasteiger partial charge in [0.25, 0.3) is 0 Å². The van der Waals surface area contributed by atoms with E-state index < -0.39 is 6.09 Å². The number of amides is 1. The standard InChI is InChI=1S/C18H29N3O3S/c1-18(2,3)21-16(25)20-15(12-22)10-7-11-19-17(23)24-13-14-8-5-4-6-9-14/h4-6,8-9,15,22H,7,10-13H2,1-3H3,(H,19,23)(H2,20,21,25). The monoisotopic (exact) mass is 367 g/mol. The summed E-state index contributed by atoms with van der Waals surface area (Å²) in [5.74, 6) is 0. The predicted molar refractivity (Wildman–Crippen MR) is 103 cm³/mol. The minimum absolute atomic E-state index is 0.0234. The Morgan fingerprint density at radius 2 is 1.96 bits per heavy atom. The lowest BCUT2D eigenvalue weighted by Crippen LogP contribution is -2.50.